The maximum Gasteiger partial charge on any atom is 0.437 e. The van der Waals surface area contributed by atoms with Crippen molar-refractivity contribution in [3.63, 3.8) is 0 Å². The molecule has 0 atom stereocenters. The van der Waals surface area contributed by atoms with Crippen LogP contribution in [0.3, 0.4) is 0 Å². The molecule has 0 radical (unpaired) electrons. The summed E-state index contributed by atoms with van der Waals surface area (Å²) in [4.78, 5) is 10.4. The van der Waals surface area contributed by atoms with Crippen LogP contribution < -0.4 is 4.72 Å². The number of anilines is 1. The van der Waals surface area contributed by atoms with Gasteiger partial charge in [-0.25, -0.2) is 13.2 Å². The van der Waals surface area contributed by atoms with Gasteiger partial charge in [-0.2, -0.15) is 18.3 Å². The second-order valence-corrected chi connectivity index (χ2v) is 7.41. The summed E-state index contributed by atoms with van der Waals surface area (Å²) in [5.41, 5.74) is -2.11. The molecule has 0 aliphatic rings. The third-order valence-electron chi connectivity index (χ3n) is 2.71. The number of thiophene rings is 1. The van der Waals surface area contributed by atoms with Crippen molar-refractivity contribution in [1.29, 1.82) is 0 Å². The van der Waals surface area contributed by atoms with E-state index >= 15 is 0 Å². The van der Waals surface area contributed by atoms with E-state index in [4.69, 9.17) is 5.11 Å². The Morgan fingerprint density at radius 3 is 2.52 bits per heavy atom. The molecule has 0 aromatic carbocycles. The monoisotopic (exact) mass is 369 g/mol. The van der Waals surface area contributed by atoms with E-state index in [9.17, 15) is 26.4 Å². The zero-order chi connectivity index (χ0) is 17.6. The molecule has 0 fully saturated rings. The molecule has 2 heterocycles. The van der Waals surface area contributed by atoms with Crippen LogP contribution in [0.5, 0.6) is 0 Å². The van der Waals surface area contributed by atoms with Gasteiger partial charge in [-0.1, -0.05) is 0 Å². The second kappa shape index (κ2) is 5.53. The highest BCUT2D eigenvalue weighted by Gasteiger charge is 2.38. The number of aryl methyl sites for hydroxylation is 2. The molecule has 12 heteroatoms. The van der Waals surface area contributed by atoms with E-state index in [1.54, 1.807) is 4.72 Å². The largest absolute Gasteiger partial charge is 0.477 e. The van der Waals surface area contributed by atoms with Gasteiger partial charge in [0.2, 0.25) is 0 Å². The zero-order valence-corrected chi connectivity index (χ0v) is 13.3. The highest BCUT2D eigenvalue weighted by Crippen LogP contribution is 2.35. The SMILES string of the molecule is Cc1sc(C(=O)O)cc1S(=O)(=O)Nc1cn(C)nc1C(F)(F)F. The molecule has 2 N–H and O–H groups in total. The lowest BCUT2D eigenvalue weighted by atomic mass is 10.4. The average molecular weight is 369 g/mol. The number of nitrogens with one attached hydrogen (secondary N) is 1. The summed E-state index contributed by atoms with van der Waals surface area (Å²) in [7, 11) is -3.17. The first-order chi connectivity index (χ1) is 10.4. The van der Waals surface area contributed by atoms with Crippen LogP contribution in [0.25, 0.3) is 0 Å². The van der Waals surface area contributed by atoms with E-state index in [1.165, 1.54) is 14.0 Å². The number of carboxylic acid groups (broad SMARTS) is 1. The van der Waals surface area contributed by atoms with E-state index in [-0.39, 0.29) is 9.75 Å². The highest BCUT2D eigenvalue weighted by atomic mass is 32.2. The van der Waals surface area contributed by atoms with Crippen molar-refractivity contribution in [2.45, 2.75) is 18.0 Å². The van der Waals surface area contributed by atoms with Crippen LogP contribution in [0.2, 0.25) is 0 Å². The Bertz CT molecular complexity index is 868. The lowest BCUT2D eigenvalue weighted by Crippen LogP contribution is -2.16. The molecule has 126 valence electrons. The van der Waals surface area contributed by atoms with Gasteiger partial charge in [-0.05, 0) is 13.0 Å². The van der Waals surface area contributed by atoms with Crippen LogP contribution >= 0.6 is 11.3 Å². The minimum atomic E-state index is -4.84. The molecule has 2 rings (SSSR count). The van der Waals surface area contributed by atoms with E-state index in [0.717, 1.165) is 16.9 Å². The number of nitrogens with zero attached hydrogens (tertiary/aromatic N) is 2. The molecule has 0 saturated heterocycles. The fraction of sp³-hybridized carbons (Fsp3) is 0.273. The first kappa shape index (κ1) is 17.3. The number of halogens is 3. The topological polar surface area (TPSA) is 101 Å². The average Bonchev–Trinajstić information content (AvgIpc) is 2.92. The first-order valence-corrected chi connectivity index (χ1v) is 8.19. The summed E-state index contributed by atoms with van der Waals surface area (Å²) >= 11 is 0.713. The second-order valence-electron chi connectivity index (χ2n) is 4.50. The molecule has 0 unspecified atom stereocenters. The van der Waals surface area contributed by atoms with Crippen LogP contribution in [-0.2, 0) is 23.2 Å². The number of aromatic nitrogens is 2. The summed E-state index contributed by atoms with van der Waals surface area (Å²) in [6.07, 6.45) is -3.96. The smallest absolute Gasteiger partial charge is 0.437 e. The summed E-state index contributed by atoms with van der Waals surface area (Å²) in [6, 6.07) is 0.897. The van der Waals surface area contributed by atoms with Crippen molar-refractivity contribution in [3.05, 3.63) is 27.7 Å². The van der Waals surface area contributed by atoms with Gasteiger partial charge in [0.15, 0.2) is 5.69 Å². The Morgan fingerprint density at radius 1 is 1.43 bits per heavy atom. The minimum Gasteiger partial charge on any atom is -0.477 e. The molecule has 0 bridgehead atoms. The number of sulfonamides is 1. The number of alkyl halides is 3. The van der Waals surface area contributed by atoms with Crippen molar-refractivity contribution >= 4 is 33.0 Å². The molecule has 2 aromatic heterocycles. The van der Waals surface area contributed by atoms with Gasteiger partial charge < -0.3 is 5.11 Å². The van der Waals surface area contributed by atoms with E-state index in [2.05, 4.69) is 5.10 Å². The van der Waals surface area contributed by atoms with E-state index < -0.39 is 38.4 Å². The number of aromatic carboxylic acids is 1. The first-order valence-electron chi connectivity index (χ1n) is 5.89. The lowest BCUT2D eigenvalue weighted by Gasteiger charge is -2.09. The molecular formula is C11H10F3N3O4S2. The maximum atomic E-state index is 12.8. The lowest BCUT2D eigenvalue weighted by molar-refractivity contribution is -0.140. The van der Waals surface area contributed by atoms with E-state index in [0.29, 0.717) is 11.3 Å². The Balaban J connectivity index is 2.46. The van der Waals surface area contributed by atoms with Gasteiger partial charge in [0, 0.05) is 18.1 Å². The summed E-state index contributed by atoms with van der Waals surface area (Å²) in [5, 5.41) is 12.1. The Labute approximate surface area is 132 Å². The molecular weight excluding hydrogens is 359 g/mol. The molecule has 0 aliphatic carbocycles. The van der Waals surface area contributed by atoms with Crippen LogP contribution in [0, 0.1) is 6.92 Å². The third kappa shape index (κ3) is 3.47. The Morgan fingerprint density at radius 2 is 2.04 bits per heavy atom. The van der Waals surface area contributed by atoms with Gasteiger partial charge in [0.05, 0.1) is 5.69 Å². The van der Waals surface area contributed by atoms with Crippen molar-refractivity contribution in [2.24, 2.45) is 7.05 Å². The van der Waals surface area contributed by atoms with Crippen molar-refractivity contribution in [3.8, 4) is 0 Å². The predicted molar refractivity (Wildman–Crippen MR) is 75.0 cm³/mol. The van der Waals surface area contributed by atoms with Gasteiger partial charge in [0.25, 0.3) is 10.0 Å². The summed E-state index contributed by atoms with van der Waals surface area (Å²) < 4.78 is 65.6. The van der Waals surface area contributed by atoms with Crippen molar-refractivity contribution in [1.82, 2.24) is 9.78 Å². The third-order valence-corrected chi connectivity index (χ3v) is 5.37. The molecule has 0 aliphatic heterocycles. The molecule has 2 aromatic rings. The zero-order valence-electron chi connectivity index (χ0n) is 11.7. The van der Waals surface area contributed by atoms with Gasteiger partial charge in [0.1, 0.15) is 9.77 Å². The number of carboxylic acids is 1. The van der Waals surface area contributed by atoms with Crippen LogP contribution in [0.4, 0.5) is 18.9 Å². The normalized spacial score (nSPS) is 12.4. The molecule has 0 amide bonds. The highest BCUT2D eigenvalue weighted by molar-refractivity contribution is 7.93. The Hall–Kier alpha value is -2.08. The maximum absolute atomic E-state index is 12.8. The molecule has 7 nitrogen and oxygen atoms in total. The molecule has 0 saturated carbocycles. The Kier molecular flexibility index (Phi) is 4.15. The molecule has 0 spiro atoms. The van der Waals surface area contributed by atoms with Gasteiger partial charge >= 0.3 is 12.1 Å². The van der Waals surface area contributed by atoms with Crippen LogP contribution in [0.1, 0.15) is 20.2 Å². The fourth-order valence-electron chi connectivity index (χ4n) is 1.81. The number of rotatable bonds is 4. The quantitative estimate of drug-likeness (QED) is 0.861. The van der Waals surface area contributed by atoms with Crippen molar-refractivity contribution in [2.75, 3.05) is 4.72 Å². The number of hydrogen-bond donors (Lipinski definition) is 2. The van der Waals surface area contributed by atoms with E-state index in [1.807, 2.05) is 0 Å². The predicted octanol–water partition coefficient (Wildman–Crippen LogP) is 2.31. The van der Waals surface area contributed by atoms with Gasteiger partial charge in [-0.15, -0.1) is 11.3 Å². The minimum absolute atomic E-state index is 0.146. The summed E-state index contributed by atoms with van der Waals surface area (Å²) in [5.74, 6) is -1.32. The standard InChI is InChI=1S/C11H10F3N3O4S2/c1-5-8(3-7(22-5)10(18)19)23(20,21)16-6-4-17(2)15-9(6)11(12,13)14/h3-4,16H,1-2H3,(H,18,19). The van der Waals surface area contributed by atoms with Crippen LogP contribution in [0.15, 0.2) is 17.2 Å². The molecule has 23 heavy (non-hydrogen) atoms. The van der Waals surface area contributed by atoms with Gasteiger partial charge in [-0.3, -0.25) is 9.40 Å². The fourth-order valence-corrected chi connectivity index (χ4v) is 4.29. The van der Waals surface area contributed by atoms with Crippen LogP contribution in [-0.4, -0.2) is 29.3 Å². The van der Waals surface area contributed by atoms with Crippen molar-refractivity contribution < 1.29 is 31.5 Å². The number of hydrogen-bond acceptors (Lipinski definition) is 5. The summed E-state index contributed by atoms with van der Waals surface area (Å²) in [6.45, 7) is 1.36. The number of carbonyl (C=O) groups is 1.